The zero-order chi connectivity index (χ0) is 18.3. The predicted octanol–water partition coefficient (Wildman–Crippen LogP) is 6.04. The van der Waals surface area contributed by atoms with E-state index in [1.165, 1.54) is 22.5 Å². The molecule has 4 rings (SSSR count). The van der Waals surface area contributed by atoms with Gasteiger partial charge < -0.3 is 9.73 Å². The number of hydrogen-bond donors (Lipinski definition) is 1. The van der Waals surface area contributed by atoms with E-state index in [0.717, 1.165) is 20.7 Å². The average molecular weight is 427 g/mol. The fraction of sp³-hybridized carbons (Fsp3) is 0.100. The smallest absolute Gasteiger partial charge is 0.345 e. The van der Waals surface area contributed by atoms with Gasteiger partial charge in [0.1, 0.15) is 0 Å². The predicted molar refractivity (Wildman–Crippen MR) is 110 cm³/mol. The van der Waals surface area contributed by atoms with Gasteiger partial charge >= 0.3 is 5.63 Å². The molecule has 0 radical (unpaired) electrons. The minimum absolute atomic E-state index is 0.396. The molecule has 0 unspecified atom stereocenters. The van der Waals surface area contributed by atoms with Gasteiger partial charge in [0, 0.05) is 16.5 Å². The van der Waals surface area contributed by atoms with E-state index in [4.69, 9.17) is 4.42 Å². The van der Waals surface area contributed by atoms with Crippen LogP contribution in [0.15, 0.2) is 61.5 Å². The second-order valence-corrected chi connectivity index (χ2v) is 7.86. The Kier molecular flexibility index (Phi) is 4.38. The Morgan fingerprint density at radius 3 is 2.65 bits per heavy atom. The molecule has 0 saturated heterocycles. The van der Waals surface area contributed by atoms with Gasteiger partial charge in [-0.1, -0.05) is 18.2 Å². The van der Waals surface area contributed by atoms with Crippen LogP contribution in [0.1, 0.15) is 11.1 Å². The van der Waals surface area contributed by atoms with Crippen LogP contribution >= 0.6 is 27.3 Å². The molecule has 0 fully saturated rings. The third-order valence-corrected chi connectivity index (χ3v) is 5.35. The van der Waals surface area contributed by atoms with Crippen molar-refractivity contribution in [2.45, 2.75) is 13.8 Å². The number of rotatable bonds is 3. The molecule has 130 valence electrons. The molecule has 4 aromatic rings. The first-order valence-electron chi connectivity index (χ1n) is 8.03. The largest absolute Gasteiger partial charge is 0.421 e. The molecule has 6 heteroatoms. The van der Waals surface area contributed by atoms with Crippen molar-refractivity contribution in [1.29, 1.82) is 0 Å². The Labute approximate surface area is 162 Å². The monoisotopic (exact) mass is 426 g/mol. The molecule has 0 amide bonds. The standard InChI is InChI=1S/C20H15BrN2O2S/c1-11-6-12(2)8-14(7-11)22-20-23-17(10-26-20)15-9-13-4-3-5-16(21)18(13)25-19(15)24/h3-10H,1-2H3,(H,22,23). The van der Waals surface area contributed by atoms with Crippen molar-refractivity contribution in [3.05, 3.63) is 73.9 Å². The molecule has 0 saturated carbocycles. The maximum absolute atomic E-state index is 12.4. The van der Waals surface area contributed by atoms with Gasteiger partial charge in [-0.3, -0.25) is 0 Å². The molecule has 0 atom stereocenters. The Morgan fingerprint density at radius 2 is 1.88 bits per heavy atom. The number of anilines is 2. The van der Waals surface area contributed by atoms with Crippen molar-refractivity contribution in [3.63, 3.8) is 0 Å². The van der Waals surface area contributed by atoms with Crippen LogP contribution in [0, 0.1) is 13.8 Å². The summed E-state index contributed by atoms with van der Waals surface area (Å²) in [5.41, 5.74) is 4.57. The number of aromatic nitrogens is 1. The lowest BCUT2D eigenvalue weighted by Crippen LogP contribution is -2.03. The van der Waals surface area contributed by atoms with Crippen molar-refractivity contribution in [1.82, 2.24) is 4.98 Å². The highest BCUT2D eigenvalue weighted by Gasteiger charge is 2.13. The number of thiazole rings is 1. The summed E-state index contributed by atoms with van der Waals surface area (Å²) in [4.78, 5) is 17.0. The van der Waals surface area contributed by atoms with Crippen molar-refractivity contribution in [3.8, 4) is 11.3 Å². The third kappa shape index (κ3) is 3.30. The quantitative estimate of drug-likeness (QED) is 0.405. The third-order valence-electron chi connectivity index (χ3n) is 3.97. The van der Waals surface area contributed by atoms with E-state index in [9.17, 15) is 4.79 Å². The molecule has 4 nitrogen and oxygen atoms in total. The summed E-state index contributed by atoms with van der Waals surface area (Å²) < 4.78 is 6.24. The summed E-state index contributed by atoms with van der Waals surface area (Å²) in [5.74, 6) is 0. The molecule has 0 aliphatic carbocycles. The number of nitrogens with one attached hydrogen (secondary N) is 1. The number of fused-ring (bicyclic) bond motifs is 1. The molecule has 0 aliphatic heterocycles. The van der Waals surface area contributed by atoms with Gasteiger partial charge in [0.25, 0.3) is 0 Å². The lowest BCUT2D eigenvalue weighted by molar-refractivity contribution is 0.561. The van der Waals surface area contributed by atoms with Crippen LogP contribution in [0.5, 0.6) is 0 Å². The van der Waals surface area contributed by atoms with Gasteiger partial charge in [0.15, 0.2) is 10.7 Å². The Bertz CT molecular complexity index is 1160. The first-order valence-corrected chi connectivity index (χ1v) is 9.70. The van der Waals surface area contributed by atoms with Crippen LogP contribution < -0.4 is 10.9 Å². The van der Waals surface area contributed by atoms with E-state index >= 15 is 0 Å². The zero-order valence-electron chi connectivity index (χ0n) is 14.2. The minimum atomic E-state index is -0.396. The zero-order valence-corrected chi connectivity index (χ0v) is 16.6. The van der Waals surface area contributed by atoms with Crippen molar-refractivity contribution in [2.75, 3.05) is 5.32 Å². The van der Waals surface area contributed by atoms with Gasteiger partial charge in [-0.15, -0.1) is 11.3 Å². The maximum atomic E-state index is 12.4. The number of benzene rings is 2. The van der Waals surface area contributed by atoms with E-state index in [0.29, 0.717) is 16.8 Å². The lowest BCUT2D eigenvalue weighted by Gasteiger charge is -2.05. The van der Waals surface area contributed by atoms with Crippen LogP contribution in [0.25, 0.3) is 22.2 Å². The molecule has 0 aliphatic rings. The van der Waals surface area contributed by atoms with Crippen molar-refractivity contribution >= 4 is 49.1 Å². The Balaban J connectivity index is 1.71. The van der Waals surface area contributed by atoms with Crippen LogP contribution in [0.3, 0.4) is 0 Å². The van der Waals surface area contributed by atoms with E-state index in [1.54, 1.807) is 0 Å². The number of aryl methyl sites for hydroxylation is 2. The highest BCUT2D eigenvalue weighted by molar-refractivity contribution is 9.10. The molecule has 1 N–H and O–H groups in total. The van der Waals surface area contributed by atoms with Crippen LogP contribution in [-0.4, -0.2) is 4.98 Å². The normalized spacial score (nSPS) is 11.0. The summed E-state index contributed by atoms with van der Waals surface area (Å²) in [6.45, 7) is 4.12. The fourth-order valence-corrected chi connectivity index (χ4v) is 4.11. The Hall–Kier alpha value is -2.44. The van der Waals surface area contributed by atoms with Gasteiger partial charge in [-0.05, 0) is 65.2 Å². The first kappa shape index (κ1) is 17.0. The summed E-state index contributed by atoms with van der Waals surface area (Å²) in [6, 6.07) is 13.7. The number of nitrogens with zero attached hydrogens (tertiary/aromatic N) is 1. The summed E-state index contributed by atoms with van der Waals surface area (Å²) in [7, 11) is 0. The average Bonchev–Trinajstić information content (AvgIpc) is 3.02. The second kappa shape index (κ2) is 6.70. The molecular formula is C20H15BrN2O2S. The van der Waals surface area contributed by atoms with Gasteiger partial charge in [0.2, 0.25) is 0 Å². The minimum Gasteiger partial charge on any atom is -0.421 e. The van der Waals surface area contributed by atoms with Crippen LogP contribution in [-0.2, 0) is 0 Å². The molecule has 2 aromatic carbocycles. The Morgan fingerprint density at radius 1 is 1.12 bits per heavy atom. The second-order valence-electron chi connectivity index (χ2n) is 6.15. The van der Waals surface area contributed by atoms with Crippen LogP contribution in [0.4, 0.5) is 10.8 Å². The highest BCUT2D eigenvalue weighted by Crippen LogP contribution is 2.29. The van der Waals surface area contributed by atoms with Gasteiger partial charge in [-0.25, -0.2) is 9.78 Å². The van der Waals surface area contributed by atoms with E-state index in [2.05, 4.69) is 58.3 Å². The van der Waals surface area contributed by atoms with Crippen LogP contribution in [0.2, 0.25) is 0 Å². The van der Waals surface area contributed by atoms with Gasteiger partial charge in [0.05, 0.1) is 15.7 Å². The van der Waals surface area contributed by atoms with E-state index in [1.807, 2.05) is 29.6 Å². The molecule has 2 heterocycles. The molecule has 0 bridgehead atoms. The number of halogens is 1. The molecule has 2 aromatic heterocycles. The summed E-state index contributed by atoms with van der Waals surface area (Å²) >= 11 is 4.86. The molecular weight excluding hydrogens is 412 g/mol. The summed E-state index contributed by atoms with van der Waals surface area (Å²) in [5, 5.41) is 6.76. The summed E-state index contributed by atoms with van der Waals surface area (Å²) in [6.07, 6.45) is 0. The maximum Gasteiger partial charge on any atom is 0.345 e. The highest BCUT2D eigenvalue weighted by atomic mass is 79.9. The number of para-hydroxylation sites is 1. The molecule has 0 spiro atoms. The van der Waals surface area contributed by atoms with E-state index in [-0.39, 0.29) is 0 Å². The molecule has 26 heavy (non-hydrogen) atoms. The van der Waals surface area contributed by atoms with E-state index < -0.39 is 5.63 Å². The topological polar surface area (TPSA) is 55.1 Å². The fourth-order valence-electron chi connectivity index (χ4n) is 2.91. The SMILES string of the molecule is Cc1cc(C)cc(Nc2nc(-c3cc4cccc(Br)c4oc3=O)cs2)c1. The lowest BCUT2D eigenvalue weighted by atomic mass is 10.1. The number of hydrogen-bond acceptors (Lipinski definition) is 5. The van der Waals surface area contributed by atoms with Crippen molar-refractivity contribution in [2.24, 2.45) is 0 Å². The van der Waals surface area contributed by atoms with Crippen molar-refractivity contribution < 1.29 is 4.42 Å². The first-order chi connectivity index (χ1) is 12.5. The van der Waals surface area contributed by atoms with Gasteiger partial charge in [-0.2, -0.15) is 0 Å².